The molecule has 7 heteroatoms. The van der Waals surface area contributed by atoms with Crippen molar-refractivity contribution in [2.24, 2.45) is 0 Å². The number of amides is 1. The summed E-state index contributed by atoms with van der Waals surface area (Å²) >= 11 is 1.54. The highest BCUT2D eigenvalue weighted by Gasteiger charge is 2.29. The van der Waals surface area contributed by atoms with E-state index in [1.54, 1.807) is 0 Å². The predicted molar refractivity (Wildman–Crippen MR) is 86.0 cm³/mol. The van der Waals surface area contributed by atoms with Gasteiger partial charge in [-0.2, -0.15) is 0 Å². The van der Waals surface area contributed by atoms with Crippen molar-refractivity contribution in [1.82, 2.24) is 10.2 Å². The van der Waals surface area contributed by atoms with Crippen molar-refractivity contribution in [1.29, 1.82) is 0 Å². The molecule has 120 valence electrons. The number of aliphatic hydroxyl groups is 1. The monoisotopic (exact) mass is 334 g/mol. The molecule has 2 N–H and O–H groups in total. The lowest BCUT2D eigenvalue weighted by molar-refractivity contribution is -0.141. The standard InChI is InChI=1S/C14H22N2O3S.ClH/c1-15-5-4-14(18)16-6-7-19-10-11(16)9-12(17)13-3-2-8-20-13;/h2-3,8,11-12,15,17H,4-7,9-10H2,1H3;1H. The molecule has 2 unspecified atom stereocenters. The van der Waals surface area contributed by atoms with E-state index in [0.29, 0.717) is 39.1 Å². The van der Waals surface area contributed by atoms with E-state index in [9.17, 15) is 9.90 Å². The minimum atomic E-state index is -0.527. The summed E-state index contributed by atoms with van der Waals surface area (Å²) in [6, 6.07) is 3.81. The zero-order valence-corrected chi connectivity index (χ0v) is 13.8. The fraction of sp³-hybridized carbons (Fsp3) is 0.643. The van der Waals surface area contributed by atoms with Crippen LogP contribution >= 0.6 is 23.7 Å². The molecule has 21 heavy (non-hydrogen) atoms. The molecule has 2 rings (SSSR count). The fourth-order valence-electron chi connectivity index (χ4n) is 2.41. The van der Waals surface area contributed by atoms with Crippen molar-refractivity contribution in [3.8, 4) is 0 Å². The van der Waals surface area contributed by atoms with Gasteiger partial charge < -0.3 is 20.1 Å². The summed E-state index contributed by atoms with van der Waals surface area (Å²) in [5, 5.41) is 15.2. The van der Waals surface area contributed by atoms with Gasteiger partial charge in [0.2, 0.25) is 5.91 Å². The number of ether oxygens (including phenoxy) is 1. The topological polar surface area (TPSA) is 61.8 Å². The van der Waals surface area contributed by atoms with E-state index in [0.717, 1.165) is 4.88 Å². The Hall–Kier alpha value is -0.660. The van der Waals surface area contributed by atoms with Gasteiger partial charge in [0.15, 0.2) is 0 Å². The molecule has 2 atom stereocenters. The number of aliphatic hydroxyl groups excluding tert-OH is 1. The number of morpholine rings is 1. The fourth-order valence-corrected chi connectivity index (χ4v) is 3.13. The SMILES string of the molecule is CNCCC(=O)N1CCOCC1CC(O)c1cccs1.Cl. The highest BCUT2D eigenvalue weighted by Crippen LogP contribution is 2.26. The number of rotatable bonds is 6. The third-order valence-electron chi connectivity index (χ3n) is 3.50. The van der Waals surface area contributed by atoms with Crippen LogP contribution in [-0.4, -0.2) is 55.3 Å². The second-order valence-corrected chi connectivity index (χ2v) is 5.92. The van der Waals surface area contributed by atoms with E-state index in [2.05, 4.69) is 5.32 Å². The Kier molecular flexibility index (Phi) is 8.21. The van der Waals surface area contributed by atoms with E-state index in [4.69, 9.17) is 4.74 Å². The van der Waals surface area contributed by atoms with Crippen LogP contribution in [-0.2, 0) is 9.53 Å². The Morgan fingerprint density at radius 1 is 1.67 bits per heavy atom. The number of halogens is 1. The molecule has 0 bridgehead atoms. The minimum Gasteiger partial charge on any atom is -0.387 e. The normalized spacial score (nSPS) is 19.9. The second kappa shape index (κ2) is 9.38. The van der Waals surface area contributed by atoms with Gasteiger partial charge in [0, 0.05) is 30.8 Å². The van der Waals surface area contributed by atoms with Crippen LogP contribution < -0.4 is 5.32 Å². The van der Waals surface area contributed by atoms with Gasteiger partial charge in [0.25, 0.3) is 0 Å². The van der Waals surface area contributed by atoms with Crippen molar-refractivity contribution in [2.75, 3.05) is 33.4 Å². The molecule has 5 nitrogen and oxygen atoms in total. The largest absolute Gasteiger partial charge is 0.387 e. The first kappa shape index (κ1) is 18.4. The number of carbonyl (C=O) groups is 1. The molecule has 1 aliphatic heterocycles. The van der Waals surface area contributed by atoms with Crippen molar-refractivity contribution < 1.29 is 14.6 Å². The zero-order chi connectivity index (χ0) is 14.4. The summed E-state index contributed by atoms with van der Waals surface area (Å²) in [6.07, 6.45) is 0.495. The molecule has 1 amide bonds. The molecule has 1 aromatic heterocycles. The molecular weight excluding hydrogens is 312 g/mol. The van der Waals surface area contributed by atoms with Crippen molar-refractivity contribution in [3.05, 3.63) is 22.4 Å². The second-order valence-electron chi connectivity index (χ2n) is 4.94. The van der Waals surface area contributed by atoms with Crippen LogP contribution in [0.2, 0.25) is 0 Å². The van der Waals surface area contributed by atoms with Crippen LogP contribution in [0, 0.1) is 0 Å². The van der Waals surface area contributed by atoms with E-state index < -0.39 is 6.10 Å². The van der Waals surface area contributed by atoms with Gasteiger partial charge in [-0.15, -0.1) is 23.7 Å². The summed E-state index contributed by atoms with van der Waals surface area (Å²) in [5.41, 5.74) is 0. The zero-order valence-electron chi connectivity index (χ0n) is 12.2. The van der Waals surface area contributed by atoms with Crippen LogP contribution in [0.4, 0.5) is 0 Å². The van der Waals surface area contributed by atoms with Gasteiger partial charge in [0.1, 0.15) is 0 Å². The average Bonchev–Trinajstić information content (AvgIpc) is 2.99. The summed E-state index contributed by atoms with van der Waals surface area (Å²) < 4.78 is 5.47. The highest BCUT2D eigenvalue weighted by molar-refractivity contribution is 7.10. The first-order valence-corrected chi connectivity index (χ1v) is 7.83. The predicted octanol–water partition coefficient (Wildman–Crippen LogP) is 1.43. The maximum atomic E-state index is 12.2. The lowest BCUT2D eigenvalue weighted by Gasteiger charge is -2.36. The molecule has 1 fully saturated rings. The maximum absolute atomic E-state index is 12.2. The third-order valence-corrected chi connectivity index (χ3v) is 4.48. The molecule has 0 radical (unpaired) electrons. The van der Waals surface area contributed by atoms with Crippen LogP contribution in [0.25, 0.3) is 0 Å². The average molecular weight is 335 g/mol. The number of hydrogen-bond acceptors (Lipinski definition) is 5. The van der Waals surface area contributed by atoms with E-state index in [1.807, 2.05) is 29.5 Å². The van der Waals surface area contributed by atoms with Crippen LogP contribution in [0.15, 0.2) is 17.5 Å². The third kappa shape index (κ3) is 5.23. The summed E-state index contributed by atoms with van der Waals surface area (Å²) in [5.74, 6) is 0.131. The Balaban J connectivity index is 0.00000220. The Morgan fingerprint density at radius 3 is 3.14 bits per heavy atom. The van der Waals surface area contributed by atoms with Crippen molar-refractivity contribution >= 4 is 29.7 Å². The summed E-state index contributed by atoms with van der Waals surface area (Å²) in [7, 11) is 1.84. The van der Waals surface area contributed by atoms with Crippen molar-refractivity contribution in [3.63, 3.8) is 0 Å². The molecule has 0 saturated carbocycles. The first-order chi connectivity index (χ1) is 9.72. The van der Waals surface area contributed by atoms with Gasteiger partial charge in [-0.1, -0.05) is 6.07 Å². The number of hydrogen-bond donors (Lipinski definition) is 2. The summed E-state index contributed by atoms with van der Waals surface area (Å²) in [4.78, 5) is 15.0. The van der Waals surface area contributed by atoms with Gasteiger partial charge in [-0.25, -0.2) is 0 Å². The number of carbonyl (C=O) groups excluding carboxylic acids is 1. The number of nitrogens with one attached hydrogen (secondary N) is 1. The lowest BCUT2D eigenvalue weighted by atomic mass is 10.1. The van der Waals surface area contributed by atoms with Crippen LogP contribution in [0.3, 0.4) is 0 Å². The lowest BCUT2D eigenvalue weighted by Crippen LogP contribution is -2.49. The first-order valence-electron chi connectivity index (χ1n) is 6.95. The van der Waals surface area contributed by atoms with E-state index in [1.165, 1.54) is 11.3 Å². The molecule has 0 spiro atoms. The minimum absolute atomic E-state index is 0. The van der Waals surface area contributed by atoms with Gasteiger partial charge in [-0.3, -0.25) is 4.79 Å². The highest BCUT2D eigenvalue weighted by atomic mass is 35.5. The smallest absolute Gasteiger partial charge is 0.224 e. The quantitative estimate of drug-likeness (QED) is 0.826. The molecule has 0 aromatic carbocycles. The maximum Gasteiger partial charge on any atom is 0.224 e. The number of nitrogens with zero attached hydrogens (tertiary/aromatic N) is 1. The molecule has 0 aliphatic carbocycles. The molecular formula is C14H23ClN2O3S. The van der Waals surface area contributed by atoms with Gasteiger partial charge >= 0.3 is 0 Å². The van der Waals surface area contributed by atoms with Gasteiger partial charge in [0.05, 0.1) is 25.4 Å². The summed E-state index contributed by atoms with van der Waals surface area (Å²) in [6.45, 7) is 2.38. The van der Waals surface area contributed by atoms with E-state index >= 15 is 0 Å². The molecule has 2 heterocycles. The van der Waals surface area contributed by atoms with E-state index in [-0.39, 0.29) is 24.4 Å². The van der Waals surface area contributed by atoms with Crippen molar-refractivity contribution in [2.45, 2.75) is 25.0 Å². The Morgan fingerprint density at radius 2 is 2.48 bits per heavy atom. The van der Waals surface area contributed by atoms with Crippen LogP contribution in [0.1, 0.15) is 23.8 Å². The Bertz CT molecular complexity index is 416. The molecule has 1 saturated heterocycles. The van der Waals surface area contributed by atoms with Gasteiger partial charge in [-0.05, 0) is 18.5 Å². The Labute approximate surface area is 135 Å². The van der Waals surface area contributed by atoms with Crippen LogP contribution in [0.5, 0.6) is 0 Å². The molecule has 1 aliphatic rings. The molecule has 1 aromatic rings. The number of thiophene rings is 1.